The number of rotatable bonds is 2. The molecule has 0 N–H and O–H groups in total. The molecule has 0 heteroatoms. The summed E-state index contributed by atoms with van der Waals surface area (Å²) in [6, 6.07) is 34.1. The summed E-state index contributed by atoms with van der Waals surface area (Å²) >= 11 is 0. The van der Waals surface area contributed by atoms with Gasteiger partial charge in [-0.05, 0) is 129 Å². The average Bonchev–Trinajstić information content (AvgIpc) is 3.41. The van der Waals surface area contributed by atoms with E-state index in [1.165, 1.54) is 89.0 Å². The Hall–Kier alpha value is -3.90. The molecule has 0 saturated carbocycles. The molecule has 2 aliphatic rings. The highest BCUT2D eigenvalue weighted by Crippen LogP contribution is 2.56. The first-order valence-corrected chi connectivity index (χ1v) is 19.6. The van der Waals surface area contributed by atoms with Crippen molar-refractivity contribution in [3.63, 3.8) is 0 Å². The molecule has 0 heterocycles. The van der Waals surface area contributed by atoms with Gasteiger partial charge in [-0.1, -0.05) is 178 Å². The molecule has 0 aliphatic heterocycles. The van der Waals surface area contributed by atoms with Crippen LogP contribution in [0.25, 0.3) is 44.5 Å². The summed E-state index contributed by atoms with van der Waals surface area (Å²) in [5, 5.41) is 0. The first-order chi connectivity index (χ1) is 23.8. The molecule has 0 amide bonds. The van der Waals surface area contributed by atoms with Gasteiger partial charge in [-0.3, -0.25) is 0 Å². The molecular formula is C52H62. The van der Waals surface area contributed by atoms with E-state index < -0.39 is 0 Å². The highest BCUT2D eigenvalue weighted by molar-refractivity contribution is 5.97. The fourth-order valence-electron chi connectivity index (χ4n) is 8.81. The lowest BCUT2D eigenvalue weighted by molar-refractivity contribution is 0.579. The van der Waals surface area contributed by atoms with E-state index in [9.17, 15) is 0 Å². The van der Waals surface area contributed by atoms with E-state index in [1.807, 2.05) is 0 Å². The van der Waals surface area contributed by atoms with Crippen molar-refractivity contribution >= 4 is 0 Å². The number of benzene rings is 5. The van der Waals surface area contributed by atoms with Crippen molar-refractivity contribution in [3.8, 4) is 44.5 Å². The average molecular weight is 687 g/mol. The van der Waals surface area contributed by atoms with Crippen LogP contribution in [0.2, 0.25) is 0 Å². The zero-order valence-electron chi connectivity index (χ0n) is 35.1. The van der Waals surface area contributed by atoms with E-state index >= 15 is 0 Å². The lowest BCUT2D eigenvalue weighted by Crippen LogP contribution is -2.19. The molecule has 0 atom stereocenters. The highest BCUT2D eigenvalue weighted by Gasteiger charge is 2.41. The summed E-state index contributed by atoms with van der Waals surface area (Å²) in [7, 11) is 0. The fourth-order valence-corrected chi connectivity index (χ4v) is 8.81. The molecule has 0 unspecified atom stereocenters. The summed E-state index contributed by atoms with van der Waals surface area (Å²) in [6.07, 6.45) is 0. The Balaban J connectivity index is 1.50. The van der Waals surface area contributed by atoms with E-state index in [-0.39, 0.29) is 32.5 Å². The van der Waals surface area contributed by atoms with Crippen LogP contribution in [0.5, 0.6) is 0 Å². The van der Waals surface area contributed by atoms with Crippen LogP contribution in [0.4, 0.5) is 0 Å². The van der Waals surface area contributed by atoms with Gasteiger partial charge in [0.15, 0.2) is 0 Å². The van der Waals surface area contributed by atoms with Gasteiger partial charge >= 0.3 is 0 Å². The van der Waals surface area contributed by atoms with Crippen molar-refractivity contribution < 1.29 is 0 Å². The number of hydrogen-bond acceptors (Lipinski definition) is 0. The molecule has 0 nitrogen and oxygen atoms in total. The first kappa shape index (κ1) is 36.5. The third kappa shape index (κ3) is 5.71. The van der Waals surface area contributed by atoms with Crippen LogP contribution in [0.15, 0.2) is 84.9 Å². The van der Waals surface area contributed by atoms with Gasteiger partial charge in [0.1, 0.15) is 0 Å². The van der Waals surface area contributed by atoms with Crippen molar-refractivity contribution in [1.29, 1.82) is 0 Å². The maximum atomic E-state index is 2.52. The standard InChI is InChI=1S/C52H62/c1-47(2,3)33-20-22-37-41(27-33)51(13,14)43-29-35(49(7,8)9)25-39(45(37)43)31-18-17-19-32(24-31)40-26-36(50(10,11)12)30-44-46(40)38-23-21-34(48(4,5)6)28-42(38)52(44,15)16/h17-30H,1-16H3. The predicted octanol–water partition coefficient (Wildman–Crippen LogP) is 14.8. The molecule has 0 spiro atoms. The maximum Gasteiger partial charge on any atom is 0.0159 e. The largest absolute Gasteiger partial charge is 0.0610 e. The Morgan fingerprint density at radius 1 is 0.327 bits per heavy atom. The Bertz CT molecular complexity index is 2100. The summed E-state index contributed by atoms with van der Waals surface area (Å²) in [5.41, 5.74) is 22.3. The van der Waals surface area contributed by atoms with Crippen molar-refractivity contribution in [2.45, 2.75) is 143 Å². The van der Waals surface area contributed by atoms with Crippen LogP contribution in [-0.2, 0) is 32.5 Å². The second-order valence-corrected chi connectivity index (χ2v) is 21.2. The third-order valence-corrected chi connectivity index (χ3v) is 12.5. The third-order valence-electron chi connectivity index (χ3n) is 12.5. The fraction of sp³-hybridized carbons (Fsp3) is 0.423. The molecular weight excluding hydrogens is 625 g/mol. The molecule has 7 rings (SSSR count). The van der Waals surface area contributed by atoms with Crippen LogP contribution in [0.1, 0.15) is 155 Å². The number of hydrogen-bond donors (Lipinski definition) is 0. The summed E-state index contributed by atoms with van der Waals surface area (Å²) < 4.78 is 0. The SMILES string of the molecule is CC(C)(C)c1ccc2c(c1)C(C)(C)c1cc(C(C)(C)C)cc(-c3cccc(-c4cc(C(C)(C)C)cc5c4-c4ccc(C(C)(C)C)cc4C5(C)C)c3)c1-2. The van der Waals surface area contributed by atoms with E-state index in [2.05, 4.69) is 196 Å². The smallest absolute Gasteiger partial charge is 0.0159 e. The Morgan fingerprint density at radius 3 is 0.981 bits per heavy atom. The summed E-state index contributed by atoms with van der Waals surface area (Å²) in [4.78, 5) is 0. The van der Waals surface area contributed by atoms with Gasteiger partial charge in [-0.25, -0.2) is 0 Å². The van der Waals surface area contributed by atoms with Gasteiger partial charge in [0.2, 0.25) is 0 Å². The van der Waals surface area contributed by atoms with Gasteiger partial charge in [0, 0.05) is 10.8 Å². The molecule has 0 saturated heterocycles. The topological polar surface area (TPSA) is 0 Å². The minimum absolute atomic E-state index is 0.0197. The van der Waals surface area contributed by atoms with Crippen LogP contribution in [-0.4, -0.2) is 0 Å². The van der Waals surface area contributed by atoms with E-state index in [4.69, 9.17) is 0 Å². The van der Waals surface area contributed by atoms with Gasteiger partial charge in [0.05, 0.1) is 0 Å². The quantitative estimate of drug-likeness (QED) is 0.173. The Morgan fingerprint density at radius 2 is 0.654 bits per heavy atom. The van der Waals surface area contributed by atoms with Gasteiger partial charge in [0.25, 0.3) is 0 Å². The Kier molecular flexibility index (Phi) is 7.93. The molecule has 0 radical (unpaired) electrons. The predicted molar refractivity (Wildman–Crippen MR) is 227 cm³/mol. The lowest BCUT2D eigenvalue weighted by atomic mass is 9.76. The van der Waals surface area contributed by atoms with Crippen LogP contribution < -0.4 is 0 Å². The van der Waals surface area contributed by atoms with E-state index in [0.717, 1.165) is 0 Å². The van der Waals surface area contributed by atoms with Gasteiger partial charge in [-0.2, -0.15) is 0 Å². The molecule has 5 aromatic carbocycles. The summed E-state index contributed by atoms with van der Waals surface area (Å²) in [5.74, 6) is 0. The minimum atomic E-state index is -0.0946. The van der Waals surface area contributed by atoms with E-state index in [1.54, 1.807) is 0 Å². The zero-order chi connectivity index (χ0) is 38.1. The van der Waals surface area contributed by atoms with Crippen LogP contribution >= 0.6 is 0 Å². The van der Waals surface area contributed by atoms with E-state index in [0.29, 0.717) is 0 Å². The molecule has 0 fully saturated rings. The van der Waals surface area contributed by atoms with Gasteiger partial charge in [-0.15, -0.1) is 0 Å². The zero-order valence-corrected chi connectivity index (χ0v) is 35.1. The number of fused-ring (bicyclic) bond motifs is 6. The highest BCUT2D eigenvalue weighted by atomic mass is 14.4. The molecule has 5 aromatic rings. The second kappa shape index (κ2) is 11.3. The monoisotopic (exact) mass is 686 g/mol. The molecule has 2 aliphatic carbocycles. The maximum absolute atomic E-state index is 2.52. The van der Waals surface area contributed by atoms with Crippen molar-refractivity contribution in [2.24, 2.45) is 0 Å². The molecule has 270 valence electrons. The normalized spacial score (nSPS) is 16.0. The lowest BCUT2D eigenvalue weighted by Gasteiger charge is -2.28. The Labute approximate surface area is 316 Å². The molecule has 0 aromatic heterocycles. The molecule has 0 bridgehead atoms. The van der Waals surface area contributed by atoms with Crippen LogP contribution in [0.3, 0.4) is 0 Å². The minimum Gasteiger partial charge on any atom is -0.0610 e. The van der Waals surface area contributed by atoms with Crippen LogP contribution in [0, 0.1) is 0 Å². The van der Waals surface area contributed by atoms with Crippen molar-refractivity contribution in [2.75, 3.05) is 0 Å². The first-order valence-electron chi connectivity index (χ1n) is 19.6. The molecule has 52 heavy (non-hydrogen) atoms. The second-order valence-electron chi connectivity index (χ2n) is 21.2. The van der Waals surface area contributed by atoms with Crippen molar-refractivity contribution in [3.05, 3.63) is 129 Å². The van der Waals surface area contributed by atoms with Gasteiger partial charge < -0.3 is 0 Å². The summed E-state index contributed by atoms with van der Waals surface area (Å²) in [6.45, 7) is 37.8. The van der Waals surface area contributed by atoms with Crippen molar-refractivity contribution in [1.82, 2.24) is 0 Å².